The summed E-state index contributed by atoms with van der Waals surface area (Å²) in [5, 5.41) is 9.42. The Balaban J connectivity index is 2.48. The van der Waals surface area contributed by atoms with Crippen LogP contribution in [-0.2, 0) is 5.41 Å². The van der Waals surface area contributed by atoms with Crippen LogP contribution in [0.15, 0.2) is 12.3 Å². The maximum atomic E-state index is 9.42. The summed E-state index contributed by atoms with van der Waals surface area (Å²) in [6.07, 6.45) is 1.18. The Hall–Kier alpha value is -1.09. The minimum absolute atomic E-state index is 0.0297. The molecule has 1 unspecified atom stereocenters. The van der Waals surface area contributed by atoms with Crippen molar-refractivity contribution in [2.24, 2.45) is 0 Å². The molecule has 0 radical (unpaired) electrons. The average Bonchev–Trinajstić information content (AvgIpc) is 2.42. The summed E-state index contributed by atoms with van der Waals surface area (Å²) < 4.78 is 5.50. The molecule has 0 aliphatic carbocycles. The summed E-state index contributed by atoms with van der Waals surface area (Å²) in [6.45, 7) is 6.67. The van der Waals surface area contributed by atoms with Gasteiger partial charge in [-0.25, -0.2) is 0 Å². The van der Waals surface area contributed by atoms with Gasteiger partial charge in [-0.1, -0.05) is 13.8 Å². The number of rotatable bonds is 1. The first kappa shape index (κ1) is 9.46. The highest BCUT2D eigenvalue weighted by Crippen LogP contribution is 2.38. The van der Waals surface area contributed by atoms with E-state index in [1.807, 2.05) is 6.07 Å². The van der Waals surface area contributed by atoms with E-state index >= 15 is 0 Å². The Morgan fingerprint density at radius 1 is 1.57 bits per heavy atom. The van der Waals surface area contributed by atoms with Gasteiger partial charge < -0.3 is 9.84 Å². The molecule has 1 N–H and O–H groups in total. The molecular weight excluding hydrogens is 178 g/mol. The monoisotopic (exact) mass is 193 g/mol. The lowest BCUT2D eigenvalue weighted by Gasteiger charge is -2.15. The summed E-state index contributed by atoms with van der Waals surface area (Å²) in [4.78, 5) is 4.14. The molecule has 1 atom stereocenters. The molecule has 0 bridgehead atoms. The van der Waals surface area contributed by atoms with Crippen LogP contribution >= 0.6 is 0 Å². The van der Waals surface area contributed by atoms with Gasteiger partial charge >= 0.3 is 0 Å². The zero-order valence-corrected chi connectivity index (χ0v) is 8.74. The molecule has 1 aliphatic heterocycles. The lowest BCUT2D eigenvalue weighted by Crippen LogP contribution is -2.18. The van der Waals surface area contributed by atoms with Crippen molar-refractivity contribution in [2.75, 3.05) is 6.61 Å². The predicted molar refractivity (Wildman–Crippen MR) is 53.4 cm³/mol. The van der Waals surface area contributed by atoms with Crippen molar-refractivity contribution in [1.82, 2.24) is 4.98 Å². The second kappa shape index (κ2) is 2.95. The van der Waals surface area contributed by atoms with E-state index in [1.165, 1.54) is 0 Å². The fraction of sp³-hybridized carbons (Fsp3) is 0.545. The molecular formula is C11H15NO2. The number of nitrogens with zero attached hydrogens (tertiary/aromatic N) is 1. The Bertz CT molecular complexity index is 358. The maximum Gasteiger partial charge on any atom is 0.141 e. The van der Waals surface area contributed by atoms with Crippen LogP contribution in [0.1, 0.15) is 38.1 Å². The fourth-order valence-electron chi connectivity index (χ4n) is 1.67. The molecule has 1 aromatic rings. The minimum atomic E-state index is -0.517. The number of aliphatic hydroxyl groups is 1. The summed E-state index contributed by atoms with van der Waals surface area (Å²) in [5.74, 6) is 0.847. The third-order valence-electron chi connectivity index (χ3n) is 2.63. The van der Waals surface area contributed by atoms with Crippen molar-refractivity contribution < 1.29 is 9.84 Å². The van der Waals surface area contributed by atoms with Crippen molar-refractivity contribution in [1.29, 1.82) is 0 Å². The highest BCUT2D eigenvalue weighted by molar-refractivity contribution is 5.42. The molecule has 0 fully saturated rings. The fourth-order valence-corrected chi connectivity index (χ4v) is 1.67. The Morgan fingerprint density at radius 2 is 2.29 bits per heavy atom. The van der Waals surface area contributed by atoms with Crippen LogP contribution in [0.25, 0.3) is 0 Å². The van der Waals surface area contributed by atoms with Gasteiger partial charge in [0.1, 0.15) is 5.75 Å². The summed E-state index contributed by atoms with van der Waals surface area (Å²) in [7, 11) is 0. The van der Waals surface area contributed by atoms with E-state index in [1.54, 1.807) is 13.1 Å². The molecule has 2 rings (SSSR count). The number of fused-ring (bicyclic) bond motifs is 1. The zero-order valence-electron chi connectivity index (χ0n) is 8.74. The molecule has 0 spiro atoms. The van der Waals surface area contributed by atoms with Crippen LogP contribution in [0.4, 0.5) is 0 Å². The lowest BCUT2D eigenvalue weighted by atomic mass is 9.87. The first-order valence-electron chi connectivity index (χ1n) is 4.82. The number of aliphatic hydroxyl groups excluding tert-OH is 1. The van der Waals surface area contributed by atoms with Crippen molar-refractivity contribution in [2.45, 2.75) is 32.3 Å². The second-order valence-electron chi connectivity index (χ2n) is 4.45. The molecule has 0 saturated heterocycles. The lowest BCUT2D eigenvalue weighted by molar-refractivity contribution is 0.194. The number of aromatic nitrogens is 1. The van der Waals surface area contributed by atoms with Gasteiger partial charge in [-0.2, -0.15) is 0 Å². The molecule has 76 valence electrons. The molecule has 3 nitrogen and oxygen atoms in total. The normalized spacial score (nSPS) is 20.0. The van der Waals surface area contributed by atoms with E-state index < -0.39 is 6.10 Å². The van der Waals surface area contributed by atoms with Crippen LogP contribution < -0.4 is 4.74 Å². The standard InChI is InChI=1S/C11H15NO2/c1-7(13)9-4-8-10(5-12-9)14-6-11(8,2)3/h4-5,7,13H,6H2,1-3H3. The number of pyridine rings is 1. The molecule has 1 aromatic heterocycles. The highest BCUT2D eigenvalue weighted by atomic mass is 16.5. The smallest absolute Gasteiger partial charge is 0.141 e. The third kappa shape index (κ3) is 1.38. The number of hydrogen-bond acceptors (Lipinski definition) is 3. The molecule has 3 heteroatoms. The second-order valence-corrected chi connectivity index (χ2v) is 4.45. The van der Waals surface area contributed by atoms with E-state index in [4.69, 9.17) is 4.74 Å². The van der Waals surface area contributed by atoms with Gasteiger partial charge in [-0.15, -0.1) is 0 Å². The van der Waals surface area contributed by atoms with Crippen LogP contribution in [-0.4, -0.2) is 16.7 Å². The van der Waals surface area contributed by atoms with Gasteiger partial charge in [0.05, 0.1) is 24.6 Å². The van der Waals surface area contributed by atoms with E-state index in [9.17, 15) is 5.11 Å². The summed E-state index contributed by atoms with van der Waals surface area (Å²) in [6, 6.07) is 1.94. The van der Waals surface area contributed by atoms with E-state index in [0.717, 1.165) is 11.3 Å². The molecule has 1 aliphatic rings. The zero-order chi connectivity index (χ0) is 10.3. The van der Waals surface area contributed by atoms with Gasteiger partial charge in [-0.05, 0) is 13.0 Å². The topological polar surface area (TPSA) is 42.4 Å². The quantitative estimate of drug-likeness (QED) is 0.739. The van der Waals surface area contributed by atoms with Gasteiger partial charge in [0.2, 0.25) is 0 Å². The maximum absolute atomic E-state index is 9.42. The van der Waals surface area contributed by atoms with Crippen LogP contribution in [0.3, 0.4) is 0 Å². The van der Waals surface area contributed by atoms with Crippen LogP contribution in [0.2, 0.25) is 0 Å². The first-order valence-corrected chi connectivity index (χ1v) is 4.82. The third-order valence-corrected chi connectivity index (χ3v) is 2.63. The molecule has 14 heavy (non-hydrogen) atoms. The predicted octanol–water partition coefficient (Wildman–Crippen LogP) is 1.80. The number of hydrogen-bond donors (Lipinski definition) is 1. The van der Waals surface area contributed by atoms with Crippen molar-refractivity contribution in [3.05, 3.63) is 23.5 Å². The Kier molecular flexibility index (Phi) is 2.00. The Labute approximate surface area is 83.7 Å². The highest BCUT2D eigenvalue weighted by Gasteiger charge is 2.32. The van der Waals surface area contributed by atoms with Crippen molar-refractivity contribution in [3.63, 3.8) is 0 Å². The minimum Gasteiger partial charge on any atom is -0.491 e. The number of ether oxygens (including phenoxy) is 1. The van der Waals surface area contributed by atoms with E-state index in [-0.39, 0.29) is 5.41 Å². The van der Waals surface area contributed by atoms with Crippen molar-refractivity contribution >= 4 is 0 Å². The molecule has 0 aromatic carbocycles. The van der Waals surface area contributed by atoms with Crippen LogP contribution in [0.5, 0.6) is 5.75 Å². The first-order chi connectivity index (χ1) is 6.50. The molecule has 0 amide bonds. The van der Waals surface area contributed by atoms with E-state index in [2.05, 4.69) is 18.8 Å². The Morgan fingerprint density at radius 3 is 2.93 bits per heavy atom. The summed E-state index contributed by atoms with van der Waals surface area (Å²) in [5.41, 5.74) is 1.88. The molecule has 0 saturated carbocycles. The van der Waals surface area contributed by atoms with Crippen molar-refractivity contribution in [3.8, 4) is 5.75 Å². The van der Waals surface area contributed by atoms with Gasteiger partial charge in [0.15, 0.2) is 0 Å². The average molecular weight is 193 g/mol. The van der Waals surface area contributed by atoms with Crippen LogP contribution in [0, 0.1) is 0 Å². The van der Waals surface area contributed by atoms with Gasteiger partial charge in [0, 0.05) is 11.0 Å². The van der Waals surface area contributed by atoms with Gasteiger partial charge in [0.25, 0.3) is 0 Å². The summed E-state index contributed by atoms with van der Waals surface area (Å²) >= 11 is 0. The SMILES string of the molecule is CC(O)c1cc2c(cn1)OCC2(C)C. The largest absolute Gasteiger partial charge is 0.491 e. The molecule has 2 heterocycles. The van der Waals surface area contributed by atoms with Gasteiger partial charge in [-0.3, -0.25) is 4.98 Å². The van der Waals surface area contributed by atoms with E-state index in [0.29, 0.717) is 12.3 Å².